The summed E-state index contributed by atoms with van der Waals surface area (Å²) in [6.07, 6.45) is 0.969. The second kappa shape index (κ2) is 6.39. The van der Waals surface area contributed by atoms with Crippen molar-refractivity contribution in [1.82, 2.24) is 10.6 Å². The Morgan fingerprint density at radius 2 is 1.90 bits per heavy atom. The van der Waals surface area contributed by atoms with Gasteiger partial charge in [-0.25, -0.2) is 4.79 Å². The molecule has 0 saturated carbocycles. The number of anilines is 1. The van der Waals surface area contributed by atoms with Crippen LogP contribution in [-0.4, -0.2) is 23.9 Å². The van der Waals surface area contributed by atoms with Crippen LogP contribution in [-0.2, 0) is 16.0 Å². The fourth-order valence-corrected chi connectivity index (χ4v) is 2.28. The lowest BCUT2D eigenvalue weighted by atomic mass is 9.94. The van der Waals surface area contributed by atoms with Crippen molar-refractivity contribution in [2.45, 2.75) is 32.7 Å². The van der Waals surface area contributed by atoms with Crippen LogP contribution in [0.4, 0.5) is 10.5 Å². The summed E-state index contributed by atoms with van der Waals surface area (Å²) >= 11 is 0. The molecule has 2 atom stereocenters. The number of amides is 4. The third-order valence-electron chi connectivity index (χ3n) is 3.59. The van der Waals surface area contributed by atoms with Gasteiger partial charge in [-0.3, -0.25) is 14.9 Å². The Morgan fingerprint density at radius 3 is 2.48 bits per heavy atom. The molecule has 3 N–H and O–H groups in total. The van der Waals surface area contributed by atoms with Crippen molar-refractivity contribution in [3.05, 3.63) is 29.8 Å². The van der Waals surface area contributed by atoms with E-state index >= 15 is 0 Å². The van der Waals surface area contributed by atoms with Crippen molar-refractivity contribution in [3.8, 4) is 0 Å². The molecular formula is C15H19N3O3. The fraction of sp³-hybridized carbons (Fsp3) is 0.400. The van der Waals surface area contributed by atoms with Gasteiger partial charge in [0, 0.05) is 18.2 Å². The van der Waals surface area contributed by atoms with E-state index in [0.717, 1.165) is 6.42 Å². The minimum atomic E-state index is -0.558. The summed E-state index contributed by atoms with van der Waals surface area (Å²) in [7, 11) is 0. The molecule has 2 unspecified atom stereocenters. The summed E-state index contributed by atoms with van der Waals surface area (Å²) in [5.74, 6) is -1.22. The van der Waals surface area contributed by atoms with E-state index in [4.69, 9.17) is 0 Å². The van der Waals surface area contributed by atoms with E-state index in [2.05, 4.69) is 22.9 Å². The largest absolute Gasteiger partial charge is 0.335 e. The fourth-order valence-electron chi connectivity index (χ4n) is 2.28. The van der Waals surface area contributed by atoms with E-state index < -0.39 is 17.9 Å². The molecule has 0 spiro atoms. The van der Waals surface area contributed by atoms with Gasteiger partial charge in [-0.05, 0) is 31.0 Å². The molecular weight excluding hydrogens is 270 g/mol. The van der Waals surface area contributed by atoms with Gasteiger partial charge in [-0.15, -0.1) is 0 Å². The summed E-state index contributed by atoms with van der Waals surface area (Å²) in [5, 5.41) is 7.53. The first-order valence-electron chi connectivity index (χ1n) is 6.99. The highest BCUT2D eigenvalue weighted by atomic mass is 16.2. The summed E-state index contributed by atoms with van der Waals surface area (Å²) in [6.45, 7) is 3.77. The van der Waals surface area contributed by atoms with Crippen molar-refractivity contribution < 1.29 is 14.4 Å². The number of aryl methyl sites for hydroxylation is 1. The summed E-state index contributed by atoms with van der Waals surface area (Å²) in [4.78, 5) is 34.9. The number of hydrogen-bond donors (Lipinski definition) is 3. The maximum atomic E-state index is 12.0. The molecule has 6 nitrogen and oxygen atoms in total. The number of nitrogens with one attached hydrogen (secondary N) is 3. The maximum Gasteiger partial charge on any atom is 0.321 e. The predicted molar refractivity (Wildman–Crippen MR) is 78.7 cm³/mol. The number of carbonyl (C=O) groups excluding carboxylic acids is 3. The van der Waals surface area contributed by atoms with E-state index in [-0.39, 0.29) is 18.4 Å². The Hall–Kier alpha value is -2.37. The van der Waals surface area contributed by atoms with E-state index in [1.54, 1.807) is 6.92 Å². The highest BCUT2D eigenvalue weighted by Gasteiger charge is 2.33. The lowest BCUT2D eigenvalue weighted by Crippen LogP contribution is -2.57. The number of hydrogen-bond acceptors (Lipinski definition) is 3. The molecule has 4 amide bonds. The second-order valence-corrected chi connectivity index (χ2v) is 5.16. The molecule has 0 aliphatic carbocycles. The van der Waals surface area contributed by atoms with Gasteiger partial charge in [-0.2, -0.15) is 0 Å². The molecule has 1 heterocycles. The monoisotopic (exact) mass is 289 g/mol. The molecule has 0 aromatic heterocycles. The van der Waals surface area contributed by atoms with E-state index in [0.29, 0.717) is 5.69 Å². The standard InChI is InChI=1S/C15H19N3O3/c1-3-10-4-6-11(7-5-10)17-13(19)8-12-9(2)16-15(21)18-14(12)20/h4-7,9,12H,3,8H2,1-2H3,(H,17,19)(H2,16,18,20,21). The lowest BCUT2D eigenvalue weighted by Gasteiger charge is -2.28. The maximum absolute atomic E-state index is 12.0. The van der Waals surface area contributed by atoms with Crippen LogP contribution < -0.4 is 16.0 Å². The molecule has 1 aromatic carbocycles. The van der Waals surface area contributed by atoms with Crippen LogP contribution in [0.5, 0.6) is 0 Å². The Kier molecular flexibility index (Phi) is 4.57. The smallest absolute Gasteiger partial charge is 0.321 e. The lowest BCUT2D eigenvalue weighted by molar-refractivity contribution is -0.129. The van der Waals surface area contributed by atoms with Crippen molar-refractivity contribution in [3.63, 3.8) is 0 Å². The number of carbonyl (C=O) groups is 3. The molecule has 1 aromatic rings. The van der Waals surface area contributed by atoms with Crippen molar-refractivity contribution in [1.29, 1.82) is 0 Å². The quantitative estimate of drug-likeness (QED) is 0.783. The van der Waals surface area contributed by atoms with Crippen LogP contribution in [0.1, 0.15) is 25.8 Å². The molecule has 0 bridgehead atoms. The first-order valence-corrected chi connectivity index (χ1v) is 6.99. The second-order valence-electron chi connectivity index (χ2n) is 5.16. The molecule has 0 radical (unpaired) electrons. The number of rotatable bonds is 4. The Labute approximate surface area is 123 Å². The van der Waals surface area contributed by atoms with E-state index in [9.17, 15) is 14.4 Å². The minimum Gasteiger partial charge on any atom is -0.335 e. The Morgan fingerprint density at radius 1 is 1.24 bits per heavy atom. The van der Waals surface area contributed by atoms with Gasteiger partial charge in [0.2, 0.25) is 11.8 Å². The number of imide groups is 1. The topological polar surface area (TPSA) is 87.3 Å². The average molecular weight is 289 g/mol. The number of urea groups is 1. The summed E-state index contributed by atoms with van der Waals surface area (Å²) < 4.78 is 0. The predicted octanol–water partition coefficient (Wildman–Crippen LogP) is 1.42. The molecule has 1 saturated heterocycles. The zero-order valence-electron chi connectivity index (χ0n) is 12.1. The normalized spacial score (nSPS) is 21.4. The van der Waals surface area contributed by atoms with Gasteiger partial charge in [0.25, 0.3) is 0 Å². The zero-order valence-corrected chi connectivity index (χ0v) is 12.1. The molecule has 2 rings (SSSR count). The Balaban J connectivity index is 1.94. The summed E-state index contributed by atoms with van der Waals surface area (Å²) in [6, 6.07) is 6.70. The highest BCUT2D eigenvalue weighted by Crippen LogP contribution is 2.15. The zero-order chi connectivity index (χ0) is 15.4. The molecule has 21 heavy (non-hydrogen) atoms. The van der Waals surface area contributed by atoms with Crippen LogP contribution in [0, 0.1) is 5.92 Å². The third kappa shape index (κ3) is 3.81. The highest BCUT2D eigenvalue weighted by molar-refractivity contribution is 6.01. The van der Waals surface area contributed by atoms with Gasteiger partial charge in [0.1, 0.15) is 0 Å². The molecule has 1 aliphatic rings. The average Bonchev–Trinajstić information content (AvgIpc) is 2.43. The Bertz CT molecular complexity index is 554. The van der Waals surface area contributed by atoms with Gasteiger partial charge < -0.3 is 10.6 Å². The minimum absolute atomic E-state index is 0.0306. The van der Waals surface area contributed by atoms with Gasteiger partial charge in [0.15, 0.2) is 0 Å². The number of benzene rings is 1. The van der Waals surface area contributed by atoms with Crippen molar-refractivity contribution >= 4 is 23.5 Å². The van der Waals surface area contributed by atoms with Crippen LogP contribution >= 0.6 is 0 Å². The van der Waals surface area contributed by atoms with Gasteiger partial charge >= 0.3 is 6.03 Å². The SMILES string of the molecule is CCc1ccc(NC(=O)CC2C(=O)NC(=O)NC2C)cc1. The van der Waals surface area contributed by atoms with Crippen LogP contribution in [0.25, 0.3) is 0 Å². The first-order chi connectivity index (χ1) is 9.99. The van der Waals surface area contributed by atoms with Crippen LogP contribution in [0.3, 0.4) is 0 Å². The third-order valence-corrected chi connectivity index (χ3v) is 3.59. The molecule has 1 fully saturated rings. The first kappa shape index (κ1) is 15.0. The molecule has 112 valence electrons. The van der Waals surface area contributed by atoms with E-state index in [1.165, 1.54) is 5.56 Å². The van der Waals surface area contributed by atoms with Crippen molar-refractivity contribution in [2.24, 2.45) is 5.92 Å². The van der Waals surface area contributed by atoms with E-state index in [1.807, 2.05) is 24.3 Å². The molecule has 6 heteroatoms. The van der Waals surface area contributed by atoms with Gasteiger partial charge in [-0.1, -0.05) is 19.1 Å². The van der Waals surface area contributed by atoms with Gasteiger partial charge in [0.05, 0.1) is 5.92 Å². The van der Waals surface area contributed by atoms with Crippen LogP contribution in [0.2, 0.25) is 0 Å². The van der Waals surface area contributed by atoms with Crippen molar-refractivity contribution in [2.75, 3.05) is 5.32 Å². The van der Waals surface area contributed by atoms with Crippen LogP contribution in [0.15, 0.2) is 24.3 Å². The summed E-state index contributed by atoms with van der Waals surface area (Å²) in [5.41, 5.74) is 1.89. The molecule has 1 aliphatic heterocycles.